The minimum absolute atomic E-state index is 0.0786. The fraction of sp³-hybridized carbons (Fsp3) is 0.533. The molecule has 110 valence electrons. The molecule has 3 N–H and O–H groups in total. The van der Waals surface area contributed by atoms with Crippen molar-refractivity contribution in [3.05, 3.63) is 23.8 Å². The van der Waals surface area contributed by atoms with Crippen LogP contribution in [0.25, 0.3) is 0 Å². The van der Waals surface area contributed by atoms with Crippen molar-refractivity contribution in [1.82, 2.24) is 4.90 Å². The summed E-state index contributed by atoms with van der Waals surface area (Å²) in [7, 11) is 0. The summed E-state index contributed by atoms with van der Waals surface area (Å²) in [5, 5.41) is 9.79. The predicted molar refractivity (Wildman–Crippen MR) is 84.2 cm³/mol. The molecule has 1 unspecified atom stereocenters. The van der Waals surface area contributed by atoms with Crippen molar-refractivity contribution in [3.63, 3.8) is 0 Å². The number of nitrogens with zero attached hydrogens (tertiary/aromatic N) is 1. The molecule has 1 aliphatic rings. The number of rotatable bonds is 5. The average Bonchev–Trinajstić information content (AvgIpc) is 2.44. The molecule has 5 heteroatoms. The molecule has 1 aromatic carbocycles. The SMILES string of the molecule is CCOc1cc(C(C(N)=S)N2CCCCC2)ccc1O. The number of ether oxygens (including phenoxy) is 1. The molecule has 0 radical (unpaired) electrons. The van der Waals surface area contributed by atoms with E-state index in [0.717, 1.165) is 18.7 Å². The van der Waals surface area contributed by atoms with E-state index in [-0.39, 0.29) is 11.8 Å². The molecule has 0 saturated carbocycles. The van der Waals surface area contributed by atoms with Crippen LogP contribution in [0.15, 0.2) is 18.2 Å². The van der Waals surface area contributed by atoms with Crippen LogP contribution in [0.4, 0.5) is 0 Å². The fourth-order valence-electron chi connectivity index (χ4n) is 2.70. The van der Waals surface area contributed by atoms with Gasteiger partial charge in [0.25, 0.3) is 0 Å². The number of thiocarbonyl (C=S) groups is 1. The molecule has 0 amide bonds. The summed E-state index contributed by atoms with van der Waals surface area (Å²) in [5.74, 6) is 0.638. The average molecular weight is 294 g/mol. The highest BCUT2D eigenvalue weighted by Gasteiger charge is 2.25. The second kappa shape index (κ2) is 6.90. The molecule has 0 aliphatic carbocycles. The number of hydrogen-bond donors (Lipinski definition) is 2. The summed E-state index contributed by atoms with van der Waals surface area (Å²) in [4.78, 5) is 2.79. The molecule has 1 aliphatic heterocycles. The quantitative estimate of drug-likeness (QED) is 0.818. The molecular formula is C15H22N2O2S. The van der Waals surface area contributed by atoms with Crippen molar-refractivity contribution >= 4 is 17.2 Å². The van der Waals surface area contributed by atoms with E-state index in [4.69, 9.17) is 22.7 Å². The summed E-state index contributed by atoms with van der Waals surface area (Å²) in [6.07, 6.45) is 3.62. The maximum Gasteiger partial charge on any atom is 0.161 e. The molecular weight excluding hydrogens is 272 g/mol. The lowest BCUT2D eigenvalue weighted by Crippen LogP contribution is -2.40. The topological polar surface area (TPSA) is 58.7 Å². The first kappa shape index (κ1) is 15.1. The van der Waals surface area contributed by atoms with E-state index in [9.17, 15) is 5.11 Å². The minimum Gasteiger partial charge on any atom is -0.504 e. The fourth-order valence-corrected chi connectivity index (χ4v) is 2.99. The number of hydrogen-bond acceptors (Lipinski definition) is 4. The van der Waals surface area contributed by atoms with E-state index in [1.165, 1.54) is 19.3 Å². The van der Waals surface area contributed by atoms with Crippen LogP contribution in [0.3, 0.4) is 0 Å². The van der Waals surface area contributed by atoms with Crippen LogP contribution in [-0.4, -0.2) is 34.7 Å². The number of piperidine rings is 1. The molecule has 4 nitrogen and oxygen atoms in total. The molecule has 2 rings (SSSR count). The van der Waals surface area contributed by atoms with Gasteiger partial charge in [-0.3, -0.25) is 4.90 Å². The predicted octanol–water partition coefficient (Wildman–Crippen LogP) is 2.60. The van der Waals surface area contributed by atoms with Crippen LogP contribution in [0, 0.1) is 0 Å². The number of nitrogens with two attached hydrogens (primary N) is 1. The Morgan fingerprint density at radius 3 is 2.70 bits per heavy atom. The largest absolute Gasteiger partial charge is 0.504 e. The van der Waals surface area contributed by atoms with Gasteiger partial charge in [0.2, 0.25) is 0 Å². The number of aromatic hydroxyl groups is 1. The molecule has 1 saturated heterocycles. The van der Waals surface area contributed by atoms with Gasteiger partial charge in [0.05, 0.1) is 17.6 Å². The van der Waals surface area contributed by atoms with E-state index in [2.05, 4.69) is 4.90 Å². The van der Waals surface area contributed by atoms with Crippen molar-refractivity contribution in [3.8, 4) is 11.5 Å². The van der Waals surface area contributed by atoms with Crippen molar-refractivity contribution in [2.75, 3.05) is 19.7 Å². The first-order chi connectivity index (χ1) is 9.63. The van der Waals surface area contributed by atoms with E-state index in [0.29, 0.717) is 17.3 Å². The first-order valence-electron chi connectivity index (χ1n) is 7.12. The highest BCUT2D eigenvalue weighted by atomic mass is 32.1. The van der Waals surface area contributed by atoms with Crippen LogP contribution in [0.2, 0.25) is 0 Å². The van der Waals surface area contributed by atoms with Crippen molar-refractivity contribution in [2.45, 2.75) is 32.2 Å². The number of benzene rings is 1. The second-order valence-electron chi connectivity index (χ2n) is 5.06. The number of likely N-dealkylation sites (tertiary alicyclic amines) is 1. The Labute approximate surface area is 125 Å². The summed E-state index contributed by atoms with van der Waals surface area (Å²) in [6.45, 7) is 4.42. The minimum atomic E-state index is -0.0786. The highest BCUT2D eigenvalue weighted by Crippen LogP contribution is 2.32. The molecule has 20 heavy (non-hydrogen) atoms. The zero-order valence-corrected chi connectivity index (χ0v) is 12.7. The lowest BCUT2D eigenvalue weighted by molar-refractivity contribution is 0.203. The zero-order valence-electron chi connectivity index (χ0n) is 11.8. The molecule has 0 bridgehead atoms. The van der Waals surface area contributed by atoms with Gasteiger partial charge in [-0.1, -0.05) is 24.7 Å². The Hall–Kier alpha value is -1.33. The summed E-state index contributed by atoms with van der Waals surface area (Å²) in [5.41, 5.74) is 6.93. The third-order valence-corrected chi connectivity index (χ3v) is 3.85. The number of phenols is 1. The van der Waals surface area contributed by atoms with Gasteiger partial charge in [0.15, 0.2) is 11.5 Å². The lowest BCUT2D eigenvalue weighted by atomic mass is 10.0. The van der Waals surface area contributed by atoms with Crippen LogP contribution in [-0.2, 0) is 0 Å². The van der Waals surface area contributed by atoms with Gasteiger partial charge in [-0.15, -0.1) is 0 Å². The van der Waals surface area contributed by atoms with E-state index >= 15 is 0 Å². The molecule has 1 atom stereocenters. The van der Waals surface area contributed by atoms with Gasteiger partial charge < -0.3 is 15.6 Å². The van der Waals surface area contributed by atoms with Gasteiger partial charge in [-0.25, -0.2) is 0 Å². The summed E-state index contributed by atoms with van der Waals surface area (Å²) < 4.78 is 5.44. The molecule has 1 aromatic rings. The Morgan fingerprint density at radius 2 is 2.10 bits per heavy atom. The lowest BCUT2D eigenvalue weighted by Gasteiger charge is -2.34. The van der Waals surface area contributed by atoms with Crippen LogP contribution >= 0.6 is 12.2 Å². The molecule has 1 fully saturated rings. The van der Waals surface area contributed by atoms with Crippen LogP contribution < -0.4 is 10.5 Å². The van der Waals surface area contributed by atoms with Crippen molar-refractivity contribution in [1.29, 1.82) is 0 Å². The van der Waals surface area contributed by atoms with Crippen LogP contribution in [0.5, 0.6) is 11.5 Å². The van der Waals surface area contributed by atoms with Crippen molar-refractivity contribution in [2.24, 2.45) is 5.73 Å². The molecule has 0 aromatic heterocycles. The monoisotopic (exact) mass is 294 g/mol. The highest BCUT2D eigenvalue weighted by molar-refractivity contribution is 7.80. The standard InChI is InChI=1S/C15H22N2O2S/c1-2-19-13-10-11(6-7-12(13)18)14(15(16)20)17-8-4-3-5-9-17/h6-7,10,14,18H,2-5,8-9H2,1H3,(H2,16,20). The van der Waals surface area contributed by atoms with E-state index in [1.807, 2.05) is 19.1 Å². The van der Waals surface area contributed by atoms with Crippen LogP contribution in [0.1, 0.15) is 37.8 Å². The van der Waals surface area contributed by atoms with Crippen molar-refractivity contribution < 1.29 is 9.84 Å². The summed E-state index contributed by atoms with van der Waals surface area (Å²) >= 11 is 5.25. The van der Waals surface area contributed by atoms with Gasteiger partial charge in [-0.2, -0.15) is 0 Å². The third kappa shape index (κ3) is 3.41. The molecule has 1 heterocycles. The summed E-state index contributed by atoms with van der Waals surface area (Å²) in [6, 6.07) is 5.29. The Kier molecular flexibility index (Phi) is 5.20. The first-order valence-corrected chi connectivity index (χ1v) is 7.53. The van der Waals surface area contributed by atoms with E-state index in [1.54, 1.807) is 6.07 Å². The Bertz CT molecular complexity index is 473. The Morgan fingerprint density at radius 1 is 1.40 bits per heavy atom. The Balaban J connectivity index is 2.28. The van der Waals surface area contributed by atoms with E-state index < -0.39 is 0 Å². The number of phenolic OH excluding ortho intramolecular Hbond substituents is 1. The maximum absolute atomic E-state index is 9.79. The third-order valence-electron chi connectivity index (χ3n) is 3.62. The van der Waals surface area contributed by atoms with Gasteiger partial charge >= 0.3 is 0 Å². The smallest absolute Gasteiger partial charge is 0.161 e. The molecule has 0 spiro atoms. The maximum atomic E-state index is 9.79. The zero-order chi connectivity index (χ0) is 14.5. The van der Waals surface area contributed by atoms with Gasteiger partial charge in [0, 0.05) is 0 Å². The normalized spacial score (nSPS) is 17.6. The second-order valence-corrected chi connectivity index (χ2v) is 5.53. The van der Waals surface area contributed by atoms with Gasteiger partial charge in [0.1, 0.15) is 0 Å². The van der Waals surface area contributed by atoms with Gasteiger partial charge in [-0.05, 0) is 50.6 Å².